The van der Waals surface area contributed by atoms with E-state index in [0.717, 1.165) is 11.1 Å². The van der Waals surface area contributed by atoms with Gasteiger partial charge in [0.25, 0.3) is 5.56 Å². The van der Waals surface area contributed by atoms with Gasteiger partial charge in [-0.1, -0.05) is 42.5 Å². The number of aromatic hydroxyl groups is 1. The summed E-state index contributed by atoms with van der Waals surface area (Å²) < 4.78 is 13.2. The van der Waals surface area contributed by atoms with Crippen LogP contribution in [0.2, 0.25) is 0 Å². The van der Waals surface area contributed by atoms with Gasteiger partial charge in [0.05, 0.1) is 10.9 Å². The molecule has 2 aromatic heterocycles. The molecule has 0 saturated carbocycles. The summed E-state index contributed by atoms with van der Waals surface area (Å²) in [6.07, 6.45) is 0. The first-order valence-corrected chi connectivity index (χ1v) is 8.21. The second-order valence-corrected chi connectivity index (χ2v) is 6.28. The summed E-state index contributed by atoms with van der Waals surface area (Å²) in [6, 6.07) is 15.1. The molecule has 0 aliphatic heterocycles. The molecule has 4 rings (SSSR count). The van der Waals surface area contributed by atoms with Gasteiger partial charge in [-0.2, -0.15) is 0 Å². The van der Waals surface area contributed by atoms with Crippen molar-refractivity contribution in [3.8, 4) is 28.0 Å². The Labute approximate surface area is 140 Å². The Morgan fingerprint density at radius 1 is 0.958 bits per heavy atom. The molecule has 0 aliphatic carbocycles. The lowest BCUT2D eigenvalue weighted by Crippen LogP contribution is -2.08. The zero-order valence-electron chi connectivity index (χ0n) is 12.4. The summed E-state index contributed by atoms with van der Waals surface area (Å²) in [5.41, 5.74) is 2.10. The van der Waals surface area contributed by atoms with Gasteiger partial charge in [0.15, 0.2) is 0 Å². The molecule has 3 nitrogen and oxygen atoms in total. The highest BCUT2D eigenvalue weighted by Crippen LogP contribution is 2.41. The molecule has 0 spiro atoms. The van der Waals surface area contributed by atoms with E-state index in [1.54, 1.807) is 24.3 Å². The van der Waals surface area contributed by atoms with Crippen LogP contribution >= 0.6 is 11.3 Å². The van der Waals surface area contributed by atoms with Crippen LogP contribution in [0.4, 0.5) is 4.39 Å². The summed E-state index contributed by atoms with van der Waals surface area (Å²) >= 11 is 1.34. The third kappa shape index (κ3) is 2.30. The first kappa shape index (κ1) is 14.7. The Balaban J connectivity index is 2.02. The predicted octanol–water partition coefficient (Wildman–Crippen LogP) is 4.77. The Morgan fingerprint density at radius 3 is 2.38 bits per heavy atom. The summed E-state index contributed by atoms with van der Waals surface area (Å²) in [4.78, 5) is 15.8. The van der Waals surface area contributed by atoms with Gasteiger partial charge < -0.3 is 10.1 Å². The number of fused-ring (bicyclic) bond motifs is 1. The standard InChI is InChI=1S/C19H12FNO2S/c20-13-8-6-11(7-9-13)14-10-24-19-16(14)17(22)15(18(23)21-19)12-4-2-1-3-5-12/h1-10H,(H2,21,22,23). The third-order valence-electron chi connectivity index (χ3n) is 3.94. The molecule has 0 atom stereocenters. The molecule has 2 N–H and O–H groups in total. The zero-order valence-corrected chi connectivity index (χ0v) is 13.2. The number of aromatic amines is 1. The molecule has 4 aromatic rings. The number of H-pyrrole nitrogens is 1. The minimum atomic E-state index is -0.335. The summed E-state index contributed by atoms with van der Waals surface area (Å²) in [7, 11) is 0. The van der Waals surface area contributed by atoms with Crippen LogP contribution in [-0.2, 0) is 0 Å². The fourth-order valence-corrected chi connectivity index (χ4v) is 3.76. The van der Waals surface area contributed by atoms with Crippen molar-refractivity contribution in [3.05, 3.63) is 76.1 Å². The van der Waals surface area contributed by atoms with E-state index in [-0.39, 0.29) is 22.7 Å². The lowest BCUT2D eigenvalue weighted by atomic mass is 10.0. The Bertz CT molecular complexity index is 1080. The van der Waals surface area contributed by atoms with E-state index in [1.165, 1.54) is 23.5 Å². The van der Waals surface area contributed by atoms with Gasteiger partial charge >= 0.3 is 0 Å². The van der Waals surface area contributed by atoms with E-state index in [0.29, 0.717) is 15.8 Å². The summed E-state index contributed by atoms with van der Waals surface area (Å²) in [5.74, 6) is -0.374. The maximum Gasteiger partial charge on any atom is 0.260 e. The molecule has 0 saturated heterocycles. The maximum absolute atomic E-state index is 13.2. The summed E-state index contributed by atoms with van der Waals surface area (Å²) in [6.45, 7) is 0. The minimum absolute atomic E-state index is 0.0551. The van der Waals surface area contributed by atoms with Gasteiger partial charge in [-0.15, -0.1) is 11.3 Å². The molecule has 2 heterocycles. The minimum Gasteiger partial charge on any atom is -0.506 e. The topological polar surface area (TPSA) is 53.1 Å². The molecule has 5 heteroatoms. The van der Waals surface area contributed by atoms with Crippen molar-refractivity contribution in [2.24, 2.45) is 0 Å². The van der Waals surface area contributed by atoms with E-state index in [2.05, 4.69) is 4.98 Å². The fraction of sp³-hybridized carbons (Fsp3) is 0. The highest BCUT2D eigenvalue weighted by atomic mass is 32.1. The summed E-state index contributed by atoms with van der Waals surface area (Å²) in [5, 5.41) is 13.2. The maximum atomic E-state index is 13.2. The molecule has 0 fully saturated rings. The van der Waals surface area contributed by atoms with Gasteiger partial charge in [-0.25, -0.2) is 4.39 Å². The SMILES string of the molecule is O=c1[nH]c2scc(-c3ccc(F)cc3)c2c(O)c1-c1ccccc1. The molecule has 0 aliphatic rings. The average Bonchev–Trinajstić information content (AvgIpc) is 3.00. The third-order valence-corrected chi connectivity index (χ3v) is 4.83. The van der Waals surface area contributed by atoms with Crippen LogP contribution in [0.3, 0.4) is 0 Å². The highest BCUT2D eigenvalue weighted by Gasteiger charge is 2.18. The lowest BCUT2D eigenvalue weighted by molar-refractivity contribution is 0.483. The zero-order chi connectivity index (χ0) is 16.7. The van der Waals surface area contributed by atoms with Crippen molar-refractivity contribution in [1.29, 1.82) is 0 Å². The first-order chi connectivity index (χ1) is 11.6. The van der Waals surface area contributed by atoms with Crippen LogP contribution in [0, 0.1) is 5.82 Å². The number of nitrogens with one attached hydrogen (secondary N) is 1. The van der Waals surface area contributed by atoms with Crippen molar-refractivity contribution < 1.29 is 9.50 Å². The van der Waals surface area contributed by atoms with Gasteiger partial charge in [0.2, 0.25) is 0 Å². The molecule has 2 aromatic carbocycles. The van der Waals surface area contributed by atoms with Crippen molar-refractivity contribution in [2.75, 3.05) is 0 Å². The first-order valence-electron chi connectivity index (χ1n) is 7.33. The second-order valence-electron chi connectivity index (χ2n) is 5.40. The van der Waals surface area contributed by atoms with E-state index < -0.39 is 0 Å². The Kier molecular flexibility index (Phi) is 3.43. The number of thiophene rings is 1. The van der Waals surface area contributed by atoms with E-state index in [9.17, 15) is 14.3 Å². The van der Waals surface area contributed by atoms with Crippen molar-refractivity contribution in [3.63, 3.8) is 0 Å². The van der Waals surface area contributed by atoms with E-state index in [4.69, 9.17) is 0 Å². The lowest BCUT2D eigenvalue weighted by Gasteiger charge is -2.07. The van der Waals surface area contributed by atoms with Crippen LogP contribution in [0.1, 0.15) is 0 Å². The van der Waals surface area contributed by atoms with Crippen LogP contribution < -0.4 is 5.56 Å². The molecule has 118 valence electrons. The van der Waals surface area contributed by atoms with Gasteiger partial charge in [-0.3, -0.25) is 4.79 Å². The number of hydrogen-bond acceptors (Lipinski definition) is 3. The molecular weight excluding hydrogens is 325 g/mol. The second kappa shape index (κ2) is 5.62. The molecule has 0 radical (unpaired) electrons. The average molecular weight is 337 g/mol. The largest absolute Gasteiger partial charge is 0.506 e. The molecule has 0 bridgehead atoms. The molecule has 0 amide bonds. The van der Waals surface area contributed by atoms with Crippen LogP contribution in [-0.4, -0.2) is 10.1 Å². The fourth-order valence-electron chi connectivity index (χ4n) is 2.80. The van der Waals surface area contributed by atoms with Crippen LogP contribution in [0.15, 0.2) is 64.8 Å². The number of benzene rings is 2. The van der Waals surface area contributed by atoms with Crippen molar-refractivity contribution >= 4 is 21.6 Å². The smallest absolute Gasteiger partial charge is 0.260 e. The number of aromatic nitrogens is 1. The van der Waals surface area contributed by atoms with Crippen LogP contribution in [0.5, 0.6) is 5.75 Å². The quantitative estimate of drug-likeness (QED) is 0.554. The monoisotopic (exact) mass is 337 g/mol. The van der Waals surface area contributed by atoms with Crippen LogP contribution in [0.25, 0.3) is 32.5 Å². The Hall–Kier alpha value is -2.92. The molecular formula is C19H12FNO2S. The highest BCUT2D eigenvalue weighted by molar-refractivity contribution is 7.17. The van der Waals surface area contributed by atoms with Gasteiger partial charge in [-0.05, 0) is 23.3 Å². The number of hydrogen-bond donors (Lipinski definition) is 2. The number of rotatable bonds is 2. The van der Waals surface area contributed by atoms with Crippen molar-refractivity contribution in [2.45, 2.75) is 0 Å². The molecule has 0 unspecified atom stereocenters. The van der Waals surface area contributed by atoms with Gasteiger partial charge in [0, 0.05) is 10.9 Å². The van der Waals surface area contributed by atoms with E-state index in [1.807, 2.05) is 23.6 Å². The van der Waals surface area contributed by atoms with Crippen molar-refractivity contribution in [1.82, 2.24) is 4.98 Å². The number of pyridine rings is 1. The van der Waals surface area contributed by atoms with E-state index >= 15 is 0 Å². The van der Waals surface area contributed by atoms with Gasteiger partial charge in [0.1, 0.15) is 16.4 Å². The Morgan fingerprint density at radius 2 is 1.67 bits per heavy atom. The predicted molar refractivity (Wildman–Crippen MR) is 94.9 cm³/mol. The molecule has 24 heavy (non-hydrogen) atoms. The normalized spacial score (nSPS) is 11.0. The number of halogens is 1.